The van der Waals surface area contributed by atoms with Crippen LogP contribution in [0.4, 0.5) is 0 Å². The molecule has 2 aliphatic rings. The van der Waals surface area contributed by atoms with Crippen molar-refractivity contribution in [1.82, 2.24) is 13.9 Å². The van der Waals surface area contributed by atoms with Crippen LogP contribution in [0.1, 0.15) is 51.9 Å². The molecule has 21 heavy (non-hydrogen) atoms. The maximum absolute atomic E-state index is 12.6. The molecule has 0 aromatic rings. The molecular weight excluding hydrogens is 286 g/mol. The molecular formula is C15H31N3O2S. The summed E-state index contributed by atoms with van der Waals surface area (Å²) in [5.74, 6) is 0.693. The second-order valence-corrected chi connectivity index (χ2v) is 8.55. The fraction of sp³-hybridized carbons (Fsp3) is 1.00. The van der Waals surface area contributed by atoms with Crippen LogP contribution in [0.25, 0.3) is 0 Å². The van der Waals surface area contributed by atoms with E-state index < -0.39 is 10.2 Å². The molecule has 0 bridgehead atoms. The molecule has 6 heteroatoms. The van der Waals surface area contributed by atoms with E-state index in [1.54, 1.807) is 11.4 Å². The molecule has 2 fully saturated rings. The van der Waals surface area contributed by atoms with Gasteiger partial charge in [-0.1, -0.05) is 13.3 Å². The second-order valence-electron chi connectivity index (χ2n) is 6.52. The highest BCUT2D eigenvalue weighted by Gasteiger charge is 2.29. The Morgan fingerprint density at radius 3 is 2.62 bits per heavy atom. The highest BCUT2D eigenvalue weighted by Crippen LogP contribution is 2.23. The Balaban J connectivity index is 1.77. The molecule has 1 aliphatic heterocycles. The van der Waals surface area contributed by atoms with Crippen LogP contribution in [0.3, 0.4) is 0 Å². The second kappa shape index (κ2) is 7.90. The van der Waals surface area contributed by atoms with Crippen LogP contribution in [0.5, 0.6) is 0 Å². The van der Waals surface area contributed by atoms with Gasteiger partial charge in [0, 0.05) is 32.7 Å². The maximum Gasteiger partial charge on any atom is 0.281 e. The van der Waals surface area contributed by atoms with Gasteiger partial charge in [-0.15, -0.1) is 0 Å². The third-order valence-corrected chi connectivity index (χ3v) is 6.75. The van der Waals surface area contributed by atoms with Gasteiger partial charge in [0.1, 0.15) is 0 Å². The maximum atomic E-state index is 12.6. The van der Waals surface area contributed by atoms with Gasteiger partial charge < -0.3 is 5.32 Å². The Morgan fingerprint density at radius 2 is 1.95 bits per heavy atom. The van der Waals surface area contributed by atoms with Crippen LogP contribution in [-0.2, 0) is 10.2 Å². The zero-order valence-corrected chi connectivity index (χ0v) is 14.4. The molecule has 1 unspecified atom stereocenters. The van der Waals surface area contributed by atoms with Crippen LogP contribution in [0.15, 0.2) is 0 Å². The Kier molecular flexibility index (Phi) is 6.47. The largest absolute Gasteiger partial charge is 0.314 e. The van der Waals surface area contributed by atoms with Crippen LogP contribution < -0.4 is 5.32 Å². The fourth-order valence-corrected chi connectivity index (χ4v) is 4.44. The van der Waals surface area contributed by atoms with Crippen molar-refractivity contribution in [3.05, 3.63) is 0 Å². The van der Waals surface area contributed by atoms with Gasteiger partial charge in [-0.2, -0.15) is 17.0 Å². The molecule has 0 spiro atoms. The Bertz CT molecular complexity index is 409. The number of hydrogen-bond acceptors (Lipinski definition) is 3. The lowest BCUT2D eigenvalue weighted by Gasteiger charge is -2.26. The monoisotopic (exact) mass is 317 g/mol. The first-order valence-corrected chi connectivity index (χ1v) is 9.88. The molecule has 1 heterocycles. The van der Waals surface area contributed by atoms with E-state index in [4.69, 9.17) is 0 Å². The van der Waals surface area contributed by atoms with Crippen molar-refractivity contribution >= 4 is 10.2 Å². The van der Waals surface area contributed by atoms with Crippen LogP contribution in [0, 0.1) is 5.92 Å². The summed E-state index contributed by atoms with van der Waals surface area (Å²) in [5.41, 5.74) is 0. The van der Waals surface area contributed by atoms with E-state index in [1.807, 2.05) is 0 Å². The summed E-state index contributed by atoms with van der Waals surface area (Å²) in [5, 5.41) is 3.43. The summed E-state index contributed by atoms with van der Waals surface area (Å²) in [6, 6.07) is 0.698. The zero-order chi connectivity index (χ0) is 15.3. The molecule has 1 saturated carbocycles. The van der Waals surface area contributed by atoms with Gasteiger partial charge >= 0.3 is 0 Å². The van der Waals surface area contributed by atoms with Gasteiger partial charge in [0.05, 0.1) is 0 Å². The molecule has 1 saturated heterocycles. The predicted molar refractivity (Wildman–Crippen MR) is 86.4 cm³/mol. The summed E-state index contributed by atoms with van der Waals surface area (Å²) in [6.45, 7) is 5.10. The van der Waals surface area contributed by atoms with Crippen LogP contribution in [-0.4, -0.2) is 56.3 Å². The minimum Gasteiger partial charge on any atom is -0.314 e. The van der Waals surface area contributed by atoms with Gasteiger partial charge in [-0.3, -0.25) is 0 Å². The topological polar surface area (TPSA) is 52.7 Å². The predicted octanol–water partition coefficient (Wildman–Crippen LogP) is 1.82. The summed E-state index contributed by atoms with van der Waals surface area (Å²) >= 11 is 0. The third kappa shape index (κ3) is 5.20. The summed E-state index contributed by atoms with van der Waals surface area (Å²) in [6.07, 6.45) is 7.77. The first kappa shape index (κ1) is 17.2. The van der Waals surface area contributed by atoms with Crippen molar-refractivity contribution in [3.63, 3.8) is 0 Å². The molecule has 124 valence electrons. The van der Waals surface area contributed by atoms with E-state index in [2.05, 4.69) is 12.2 Å². The van der Waals surface area contributed by atoms with Crippen molar-refractivity contribution in [2.45, 2.75) is 57.9 Å². The molecule has 0 aromatic carbocycles. The lowest BCUT2D eigenvalue weighted by atomic mass is 9.98. The number of nitrogens with zero attached hydrogens (tertiary/aromatic N) is 2. The average molecular weight is 317 g/mol. The summed E-state index contributed by atoms with van der Waals surface area (Å²) in [7, 11) is -1.55. The van der Waals surface area contributed by atoms with Crippen LogP contribution in [0.2, 0.25) is 0 Å². The first-order valence-electron chi connectivity index (χ1n) is 8.48. The highest BCUT2D eigenvalue weighted by molar-refractivity contribution is 7.86. The van der Waals surface area contributed by atoms with Gasteiger partial charge in [0.25, 0.3) is 10.2 Å². The van der Waals surface area contributed by atoms with E-state index in [0.717, 1.165) is 38.6 Å². The third-order valence-electron chi connectivity index (χ3n) is 4.76. The van der Waals surface area contributed by atoms with Crippen LogP contribution >= 0.6 is 0 Å². The molecule has 1 N–H and O–H groups in total. The summed E-state index contributed by atoms with van der Waals surface area (Å²) < 4.78 is 28.4. The van der Waals surface area contributed by atoms with Gasteiger partial charge in [-0.25, -0.2) is 0 Å². The van der Waals surface area contributed by atoms with Gasteiger partial charge in [-0.05, 0) is 51.0 Å². The standard InChI is InChI=1S/C15H31N3O2S/c1-3-14-6-4-12-18(13-9-14)21(19,20)17(2)11-5-10-16-15-7-8-15/h14-16H,3-13H2,1-2H3. The quantitative estimate of drug-likeness (QED) is 0.695. The Labute approximate surface area is 130 Å². The Hall–Kier alpha value is -0.170. The minimum absolute atomic E-state index is 0.607. The Morgan fingerprint density at radius 1 is 1.19 bits per heavy atom. The molecule has 2 rings (SSSR count). The molecule has 0 aromatic heterocycles. The average Bonchev–Trinajstić information content (AvgIpc) is 3.29. The highest BCUT2D eigenvalue weighted by atomic mass is 32.2. The number of nitrogens with one attached hydrogen (secondary N) is 1. The van der Waals surface area contributed by atoms with E-state index in [9.17, 15) is 8.42 Å². The molecule has 1 aliphatic carbocycles. The lowest BCUT2D eigenvalue weighted by molar-refractivity contribution is 0.357. The van der Waals surface area contributed by atoms with Gasteiger partial charge in [0.2, 0.25) is 0 Å². The van der Waals surface area contributed by atoms with E-state index >= 15 is 0 Å². The van der Waals surface area contributed by atoms with E-state index in [-0.39, 0.29) is 0 Å². The number of rotatable bonds is 8. The van der Waals surface area contributed by atoms with Crippen molar-refractivity contribution < 1.29 is 8.42 Å². The smallest absolute Gasteiger partial charge is 0.281 e. The fourth-order valence-electron chi connectivity index (χ4n) is 2.99. The van der Waals surface area contributed by atoms with Crippen molar-refractivity contribution in [1.29, 1.82) is 0 Å². The molecule has 0 amide bonds. The molecule has 1 atom stereocenters. The SMILES string of the molecule is CCC1CCCN(S(=O)(=O)N(C)CCCNC2CC2)CC1. The van der Waals surface area contributed by atoms with Gasteiger partial charge in [0.15, 0.2) is 0 Å². The van der Waals surface area contributed by atoms with E-state index in [1.165, 1.54) is 17.1 Å². The van der Waals surface area contributed by atoms with Crippen molar-refractivity contribution in [2.24, 2.45) is 5.92 Å². The summed E-state index contributed by atoms with van der Waals surface area (Å²) in [4.78, 5) is 0. The molecule has 5 nitrogen and oxygen atoms in total. The van der Waals surface area contributed by atoms with Crippen molar-refractivity contribution in [2.75, 3.05) is 33.2 Å². The normalized spacial score (nSPS) is 25.2. The van der Waals surface area contributed by atoms with Crippen molar-refractivity contribution in [3.8, 4) is 0 Å². The minimum atomic E-state index is -3.26. The number of hydrogen-bond donors (Lipinski definition) is 1. The zero-order valence-electron chi connectivity index (χ0n) is 13.6. The first-order chi connectivity index (χ1) is 10.0. The van der Waals surface area contributed by atoms with E-state index in [0.29, 0.717) is 31.6 Å². The molecule has 0 radical (unpaired) electrons. The lowest BCUT2D eigenvalue weighted by Crippen LogP contribution is -2.43.